The zero-order valence-corrected chi connectivity index (χ0v) is 40.7. The van der Waals surface area contributed by atoms with Crippen LogP contribution in [0.5, 0.6) is 0 Å². The number of quaternary nitrogens is 1. The Morgan fingerprint density at radius 2 is 0.787 bits per heavy atom. The van der Waals surface area contributed by atoms with Crippen molar-refractivity contribution >= 4 is 17.8 Å². The molecule has 0 aromatic heterocycles. The molecule has 0 spiro atoms. The summed E-state index contributed by atoms with van der Waals surface area (Å²) in [6.45, 7) is 9.30. The molecule has 0 aromatic rings. The van der Waals surface area contributed by atoms with E-state index in [1.807, 2.05) is 0 Å². The SMILES string of the molecule is CCCCCCCCCCCCCCCCCC[N+](CCCN)(CCCCCCCCCCCCCCCCCC)[C@@H](CC(N)=O)C(=O)OC(=O)[C@@H](N)CCCNCCCN. The predicted octanol–water partition coefficient (Wildman–Crippen LogP) is 11.0. The van der Waals surface area contributed by atoms with Gasteiger partial charge in [-0.05, 0) is 71.1 Å². The fraction of sp³-hybridized carbons (Fsp3) is 0.941. The number of carbonyl (C=O) groups is 3. The standard InChI is InChI=1S/C51H104N6O4/c1-3-5-7-9-11-13-15-17-19-21-23-25-27-29-31-33-43-57(45-37-40-53,44-34-32-30-28-26-24-22-20-18-16-14-12-10-8-6-4-2)48(46-49(55)58)51(60)61-50(59)47(54)38-35-41-56-42-36-39-52/h47-48,56H,3-46,52-54H2,1-2H3,(H-,55,58)/p+1/t47-,48-/m0/s1. The van der Waals surface area contributed by atoms with E-state index in [1.54, 1.807) is 0 Å². The van der Waals surface area contributed by atoms with Crippen LogP contribution in [0.3, 0.4) is 0 Å². The van der Waals surface area contributed by atoms with E-state index in [4.69, 9.17) is 27.7 Å². The van der Waals surface area contributed by atoms with E-state index in [-0.39, 0.29) is 6.42 Å². The number of hydrogen-bond acceptors (Lipinski definition) is 8. The largest absolute Gasteiger partial charge is 0.387 e. The number of amides is 1. The van der Waals surface area contributed by atoms with Gasteiger partial charge in [-0.15, -0.1) is 0 Å². The Kier molecular flexibility index (Phi) is 43.8. The van der Waals surface area contributed by atoms with Crippen LogP contribution in [0.25, 0.3) is 0 Å². The minimum atomic E-state index is -0.916. The molecule has 0 aliphatic carbocycles. The normalized spacial score (nSPS) is 12.8. The number of ether oxygens (including phenoxy) is 1. The van der Waals surface area contributed by atoms with E-state index >= 15 is 0 Å². The number of nitrogens with one attached hydrogen (secondary N) is 1. The molecule has 362 valence electrons. The maximum atomic E-state index is 14.0. The van der Waals surface area contributed by atoms with Gasteiger partial charge in [0.1, 0.15) is 6.04 Å². The molecule has 0 fully saturated rings. The van der Waals surface area contributed by atoms with Crippen molar-refractivity contribution in [2.75, 3.05) is 45.8 Å². The van der Waals surface area contributed by atoms with Crippen LogP contribution in [0, 0.1) is 0 Å². The minimum Gasteiger partial charge on any atom is -0.387 e. The molecule has 0 aromatic carbocycles. The third-order valence-electron chi connectivity index (χ3n) is 13.0. The van der Waals surface area contributed by atoms with Crippen molar-refractivity contribution in [3.05, 3.63) is 0 Å². The number of esters is 2. The van der Waals surface area contributed by atoms with Gasteiger partial charge in [0, 0.05) is 6.42 Å². The molecule has 0 radical (unpaired) electrons. The molecule has 2 atom stereocenters. The molecular weight excluding hydrogens is 761 g/mol. The Morgan fingerprint density at radius 1 is 0.459 bits per heavy atom. The number of nitrogens with zero attached hydrogens (tertiary/aromatic N) is 1. The summed E-state index contributed by atoms with van der Waals surface area (Å²) in [6, 6.07) is -1.77. The first-order valence-electron chi connectivity index (χ1n) is 26.5. The molecule has 0 aliphatic heterocycles. The Hall–Kier alpha value is -1.59. The van der Waals surface area contributed by atoms with Crippen LogP contribution in [0.1, 0.15) is 251 Å². The number of rotatable bonds is 49. The Morgan fingerprint density at radius 3 is 1.13 bits per heavy atom. The zero-order valence-electron chi connectivity index (χ0n) is 40.7. The molecular formula is C51H105N6O4+. The number of carbonyl (C=O) groups excluding carboxylic acids is 3. The first-order valence-corrected chi connectivity index (χ1v) is 26.5. The van der Waals surface area contributed by atoms with Gasteiger partial charge in [0.2, 0.25) is 5.91 Å². The summed E-state index contributed by atoms with van der Waals surface area (Å²) in [6.07, 6.45) is 43.9. The monoisotopic (exact) mass is 866 g/mol. The van der Waals surface area contributed by atoms with Crippen molar-refractivity contribution in [1.82, 2.24) is 5.32 Å². The van der Waals surface area contributed by atoms with Crippen molar-refractivity contribution in [3.8, 4) is 0 Å². The molecule has 0 saturated heterocycles. The molecule has 10 nitrogen and oxygen atoms in total. The summed E-state index contributed by atoms with van der Waals surface area (Å²) in [5.74, 6) is -1.97. The second-order valence-corrected chi connectivity index (χ2v) is 18.7. The van der Waals surface area contributed by atoms with Crippen molar-refractivity contribution < 1.29 is 23.6 Å². The highest BCUT2D eigenvalue weighted by Gasteiger charge is 2.44. The van der Waals surface area contributed by atoms with Crippen molar-refractivity contribution in [2.45, 2.75) is 264 Å². The number of unbranched alkanes of at least 4 members (excludes halogenated alkanes) is 30. The van der Waals surface area contributed by atoms with Crippen molar-refractivity contribution in [2.24, 2.45) is 22.9 Å². The van der Waals surface area contributed by atoms with E-state index < -0.39 is 29.9 Å². The van der Waals surface area contributed by atoms with Gasteiger partial charge in [-0.3, -0.25) is 4.79 Å². The molecule has 0 unspecified atom stereocenters. The summed E-state index contributed by atoms with van der Waals surface area (Å²) in [5, 5.41) is 3.29. The fourth-order valence-corrected chi connectivity index (χ4v) is 9.01. The van der Waals surface area contributed by atoms with Crippen LogP contribution in [0.2, 0.25) is 0 Å². The van der Waals surface area contributed by atoms with Gasteiger partial charge in [-0.25, -0.2) is 9.59 Å². The van der Waals surface area contributed by atoms with E-state index in [1.165, 1.54) is 167 Å². The molecule has 0 aliphatic rings. The average Bonchev–Trinajstić information content (AvgIpc) is 3.25. The lowest BCUT2D eigenvalue weighted by Gasteiger charge is -2.44. The summed E-state index contributed by atoms with van der Waals surface area (Å²) in [7, 11) is 0. The first-order chi connectivity index (χ1) is 29.8. The van der Waals surface area contributed by atoms with Crippen LogP contribution in [-0.4, -0.2) is 80.2 Å². The van der Waals surface area contributed by atoms with Gasteiger partial charge in [0.25, 0.3) is 0 Å². The number of primary amides is 1. The Bertz CT molecular complexity index is 949. The van der Waals surface area contributed by atoms with E-state index in [0.29, 0.717) is 49.9 Å². The lowest BCUT2D eigenvalue weighted by molar-refractivity contribution is -0.943. The topological polar surface area (TPSA) is 177 Å². The molecule has 0 bridgehead atoms. The Balaban J connectivity index is 5.23. The number of nitrogens with two attached hydrogens (primary N) is 4. The summed E-state index contributed by atoms with van der Waals surface area (Å²) in [4.78, 5) is 39.8. The summed E-state index contributed by atoms with van der Waals surface area (Å²) in [5.41, 5.74) is 23.7. The quantitative estimate of drug-likeness (QED) is 0.0174. The molecule has 0 heterocycles. The lowest BCUT2D eigenvalue weighted by Crippen LogP contribution is -2.62. The van der Waals surface area contributed by atoms with E-state index in [2.05, 4.69) is 19.2 Å². The highest BCUT2D eigenvalue weighted by molar-refractivity contribution is 5.92. The minimum absolute atomic E-state index is 0.158. The molecule has 10 heteroatoms. The summed E-state index contributed by atoms with van der Waals surface area (Å²) >= 11 is 0. The van der Waals surface area contributed by atoms with Gasteiger partial charge in [-0.1, -0.05) is 194 Å². The van der Waals surface area contributed by atoms with Gasteiger partial charge in [-0.2, -0.15) is 0 Å². The third-order valence-corrected chi connectivity index (χ3v) is 13.0. The Labute approximate surface area is 377 Å². The van der Waals surface area contributed by atoms with Crippen LogP contribution in [-0.2, 0) is 19.1 Å². The van der Waals surface area contributed by atoms with Crippen molar-refractivity contribution in [3.63, 3.8) is 0 Å². The van der Waals surface area contributed by atoms with E-state index in [0.717, 1.165) is 64.6 Å². The van der Waals surface area contributed by atoms with Crippen LogP contribution >= 0.6 is 0 Å². The maximum absolute atomic E-state index is 14.0. The third kappa shape index (κ3) is 36.4. The molecule has 1 amide bonds. The van der Waals surface area contributed by atoms with E-state index in [9.17, 15) is 14.4 Å². The van der Waals surface area contributed by atoms with Gasteiger partial charge >= 0.3 is 11.9 Å². The lowest BCUT2D eigenvalue weighted by atomic mass is 10.0. The van der Waals surface area contributed by atoms with Crippen LogP contribution in [0.15, 0.2) is 0 Å². The summed E-state index contributed by atoms with van der Waals surface area (Å²) < 4.78 is 5.92. The zero-order chi connectivity index (χ0) is 44.9. The first kappa shape index (κ1) is 59.4. The maximum Gasteiger partial charge on any atom is 0.373 e. The molecule has 61 heavy (non-hydrogen) atoms. The van der Waals surface area contributed by atoms with Crippen molar-refractivity contribution in [1.29, 1.82) is 0 Å². The predicted molar refractivity (Wildman–Crippen MR) is 260 cm³/mol. The molecule has 0 saturated carbocycles. The van der Waals surface area contributed by atoms with Gasteiger partial charge < -0.3 is 37.5 Å². The number of hydrogen-bond donors (Lipinski definition) is 5. The molecule has 0 rings (SSSR count). The molecule has 9 N–H and O–H groups in total. The second kappa shape index (κ2) is 45.0. The smallest absolute Gasteiger partial charge is 0.373 e. The van der Waals surface area contributed by atoms with Gasteiger partial charge in [0.05, 0.1) is 26.1 Å². The highest BCUT2D eigenvalue weighted by Crippen LogP contribution is 2.25. The van der Waals surface area contributed by atoms with Crippen LogP contribution in [0.4, 0.5) is 0 Å². The van der Waals surface area contributed by atoms with Crippen LogP contribution < -0.4 is 28.3 Å². The van der Waals surface area contributed by atoms with Gasteiger partial charge in [0.15, 0.2) is 6.04 Å². The highest BCUT2D eigenvalue weighted by atomic mass is 16.6. The average molecular weight is 866 g/mol. The second-order valence-electron chi connectivity index (χ2n) is 18.7. The fourth-order valence-electron chi connectivity index (χ4n) is 9.01.